The van der Waals surface area contributed by atoms with Gasteiger partial charge in [-0.05, 0) is 26.9 Å². The van der Waals surface area contributed by atoms with Crippen molar-refractivity contribution < 1.29 is 4.74 Å². The molecule has 0 N–H and O–H groups in total. The van der Waals surface area contributed by atoms with Crippen molar-refractivity contribution in [2.75, 3.05) is 34.4 Å². The van der Waals surface area contributed by atoms with Gasteiger partial charge in [-0.15, -0.1) is 0 Å². The van der Waals surface area contributed by atoms with E-state index in [1.54, 1.807) is 0 Å². The zero-order chi connectivity index (χ0) is 14.6. The highest BCUT2D eigenvalue weighted by Crippen LogP contribution is 2.33. The molecule has 2 heteroatoms. The number of ether oxygens (including phenoxy) is 1. The number of hydrogen-bond acceptors (Lipinski definition) is 2. The Bertz CT molecular complexity index is 194. The maximum atomic E-state index is 5.57. The molecule has 0 spiro atoms. The normalized spacial score (nSPS) is 14.8. The topological polar surface area (TPSA) is 12.5 Å². The Morgan fingerprint density at radius 3 is 1.84 bits per heavy atom. The van der Waals surface area contributed by atoms with Crippen molar-refractivity contribution in [1.82, 2.24) is 4.90 Å². The Morgan fingerprint density at radius 2 is 1.37 bits per heavy atom. The molecule has 0 rings (SSSR count). The molecule has 0 aliphatic heterocycles. The maximum Gasteiger partial charge on any atom is 0.0530 e. The minimum Gasteiger partial charge on any atom is -0.384 e. The van der Waals surface area contributed by atoms with Crippen molar-refractivity contribution in [2.45, 2.75) is 71.6 Å². The molecule has 0 saturated carbocycles. The van der Waals surface area contributed by atoms with Gasteiger partial charge in [-0.2, -0.15) is 0 Å². The molecule has 0 saturated heterocycles. The van der Waals surface area contributed by atoms with E-state index in [1.165, 1.54) is 57.8 Å². The van der Waals surface area contributed by atoms with Crippen LogP contribution in [0.1, 0.15) is 71.6 Å². The molecule has 0 radical (unpaired) electrons. The summed E-state index contributed by atoms with van der Waals surface area (Å²) in [5.41, 5.74) is 0.376. The van der Waals surface area contributed by atoms with Crippen molar-refractivity contribution in [3.63, 3.8) is 0 Å². The minimum absolute atomic E-state index is 0.376. The smallest absolute Gasteiger partial charge is 0.0530 e. The van der Waals surface area contributed by atoms with E-state index in [9.17, 15) is 0 Å². The lowest BCUT2D eigenvalue weighted by atomic mass is 9.78. The largest absolute Gasteiger partial charge is 0.384 e. The Hall–Kier alpha value is -0.0800. The monoisotopic (exact) mass is 271 g/mol. The molecule has 2 nitrogen and oxygen atoms in total. The third-order valence-electron chi connectivity index (χ3n) is 3.97. The fourth-order valence-corrected chi connectivity index (χ4v) is 3.13. The fraction of sp³-hybridized carbons (Fsp3) is 1.00. The van der Waals surface area contributed by atoms with Gasteiger partial charge in [-0.1, -0.05) is 58.8 Å². The second-order valence-corrected chi connectivity index (χ2v) is 6.44. The van der Waals surface area contributed by atoms with Crippen LogP contribution in [-0.2, 0) is 4.74 Å². The zero-order valence-electron chi connectivity index (χ0n) is 14.1. The summed E-state index contributed by atoms with van der Waals surface area (Å²) in [5.74, 6) is 0. The van der Waals surface area contributed by atoms with E-state index in [2.05, 4.69) is 32.8 Å². The van der Waals surface area contributed by atoms with Crippen LogP contribution in [0.15, 0.2) is 0 Å². The summed E-state index contributed by atoms with van der Waals surface area (Å²) in [6.07, 6.45) is 12.1. The number of unbranched alkanes of at least 4 members (excludes halogenated alkanes) is 5. The van der Waals surface area contributed by atoms with E-state index < -0.39 is 0 Å². The van der Waals surface area contributed by atoms with E-state index in [4.69, 9.17) is 4.74 Å². The average molecular weight is 271 g/mol. The first kappa shape index (κ1) is 18.9. The third-order valence-corrected chi connectivity index (χ3v) is 3.97. The molecule has 1 unspecified atom stereocenters. The number of methoxy groups -OCH3 is 1. The Balaban J connectivity index is 4.42. The van der Waals surface area contributed by atoms with Crippen LogP contribution in [-0.4, -0.2) is 39.3 Å². The van der Waals surface area contributed by atoms with Crippen LogP contribution >= 0.6 is 0 Å². The molecule has 116 valence electrons. The molecular formula is C17H37NO. The van der Waals surface area contributed by atoms with Crippen molar-refractivity contribution in [3.8, 4) is 0 Å². The van der Waals surface area contributed by atoms with E-state index in [0.717, 1.165) is 13.2 Å². The van der Waals surface area contributed by atoms with E-state index in [0.29, 0.717) is 5.41 Å². The predicted octanol–water partition coefficient (Wildman–Crippen LogP) is 4.73. The molecule has 0 aromatic rings. The predicted molar refractivity (Wildman–Crippen MR) is 85.8 cm³/mol. The average Bonchev–Trinajstić information content (AvgIpc) is 2.35. The van der Waals surface area contributed by atoms with Gasteiger partial charge in [0.15, 0.2) is 0 Å². The van der Waals surface area contributed by atoms with Crippen LogP contribution < -0.4 is 0 Å². The van der Waals surface area contributed by atoms with E-state index in [1.807, 2.05) is 7.11 Å². The van der Waals surface area contributed by atoms with Crippen LogP contribution in [0, 0.1) is 5.41 Å². The zero-order valence-corrected chi connectivity index (χ0v) is 14.1. The lowest BCUT2D eigenvalue weighted by molar-refractivity contribution is 0.0397. The van der Waals surface area contributed by atoms with Gasteiger partial charge in [0, 0.05) is 19.1 Å². The van der Waals surface area contributed by atoms with Gasteiger partial charge in [0.2, 0.25) is 0 Å². The lowest BCUT2D eigenvalue weighted by Gasteiger charge is -2.36. The molecule has 0 bridgehead atoms. The van der Waals surface area contributed by atoms with Gasteiger partial charge in [-0.3, -0.25) is 0 Å². The van der Waals surface area contributed by atoms with Crippen molar-refractivity contribution >= 4 is 0 Å². The highest BCUT2D eigenvalue weighted by atomic mass is 16.5. The van der Waals surface area contributed by atoms with Crippen LogP contribution in [0.2, 0.25) is 0 Å². The third kappa shape index (κ3) is 9.45. The summed E-state index contributed by atoms with van der Waals surface area (Å²) in [5, 5.41) is 0. The van der Waals surface area contributed by atoms with Gasteiger partial charge in [0.25, 0.3) is 0 Å². The molecule has 0 fully saturated rings. The van der Waals surface area contributed by atoms with Crippen LogP contribution in [0.5, 0.6) is 0 Å². The number of rotatable bonds is 13. The standard InChI is InChI=1S/C17H37NO/c1-6-8-10-12-14-17(16-19-5,15-18(3)4)13-11-9-7-2/h6-16H2,1-5H3. The van der Waals surface area contributed by atoms with Gasteiger partial charge in [0.1, 0.15) is 0 Å². The summed E-state index contributed by atoms with van der Waals surface area (Å²) in [4.78, 5) is 2.34. The lowest BCUT2D eigenvalue weighted by Crippen LogP contribution is -2.37. The molecule has 0 heterocycles. The second-order valence-electron chi connectivity index (χ2n) is 6.44. The summed E-state index contributed by atoms with van der Waals surface area (Å²) in [7, 11) is 6.24. The van der Waals surface area contributed by atoms with Crippen LogP contribution in [0.25, 0.3) is 0 Å². The molecule has 0 aromatic heterocycles. The van der Waals surface area contributed by atoms with Crippen molar-refractivity contribution in [1.29, 1.82) is 0 Å². The Kier molecular flexibility index (Phi) is 11.7. The Labute approximate surface area is 121 Å². The van der Waals surface area contributed by atoms with E-state index >= 15 is 0 Å². The van der Waals surface area contributed by atoms with Gasteiger partial charge in [0.05, 0.1) is 6.61 Å². The number of nitrogens with zero attached hydrogens (tertiary/aromatic N) is 1. The molecule has 0 aliphatic rings. The van der Waals surface area contributed by atoms with E-state index in [-0.39, 0.29) is 0 Å². The highest BCUT2D eigenvalue weighted by Gasteiger charge is 2.29. The quantitative estimate of drug-likeness (QED) is 0.449. The summed E-state index contributed by atoms with van der Waals surface area (Å²) in [6.45, 7) is 6.65. The van der Waals surface area contributed by atoms with Gasteiger partial charge < -0.3 is 9.64 Å². The SMILES string of the molecule is CCCCCCC(CCCCC)(COC)CN(C)C. The first-order valence-corrected chi connectivity index (χ1v) is 8.24. The molecular weight excluding hydrogens is 234 g/mol. The first-order chi connectivity index (χ1) is 9.10. The maximum absolute atomic E-state index is 5.57. The second kappa shape index (κ2) is 11.7. The number of hydrogen-bond donors (Lipinski definition) is 0. The fourth-order valence-electron chi connectivity index (χ4n) is 3.13. The molecule has 19 heavy (non-hydrogen) atoms. The molecule has 1 atom stereocenters. The summed E-state index contributed by atoms with van der Waals surface area (Å²) >= 11 is 0. The minimum atomic E-state index is 0.376. The summed E-state index contributed by atoms with van der Waals surface area (Å²) < 4.78 is 5.57. The van der Waals surface area contributed by atoms with Gasteiger partial charge >= 0.3 is 0 Å². The Morgan fingerprint density at radius 1 is 0.842 bits per heavy atom. The van der Waals surface area contributed by atoms with Crippen LogP contribution in [0.4, 0.5) is 0 Å². The molecule has 0 aromatic carbocycles. The van der Waals surface area contributed by atoms with Crippen molar-refractivity contribution in [3.05, 3.63) is 0 Å². The molecule has 0 aliphatic carbocycles. The van der Waals surface area contributed by atoms with Gasteiger partial charge in [-0.25, -0.2) is 0 Å². The first-order valence-electron chi connectivity index (χ1n) is 8.24. The summed E-state index contributed by atoms with van der Waals surface area (Å²) in [6, 6.07) is 0. The molecule has 0 amide bonds. The van der Waals surface area contributed by atoms with Crippen LogP contribution in [0.3, 0.4) is 0 Å². The van der Waals surface area contributed by atoms with Crippen molar-refractivity contribution in [2.24, 2.45) is 5.41 Å². The highest BCUT2D eigenvalue weighted by molar-refractivity contribution is 4.82.